The summed E-state index contributed by atoms with van der Waals surface area (Å²) in [6.07, 6.45) is -4.73. The van der Waals surface area contributed by atoms with E-state index in [1.807, 2.05) is 0 Å². The molecule has 0 aliphatic carbocycles. The Hall–Kier alpha value is -3.65. The fourth-order valence-electron chi connectivity index (χ4n) is 5.37. The van der Waals surface area contributed by atoms with Crippen LogP contribution in [0.1, 0.15) is 21.9 Å². The minimum absolute atomic E-state index is 0.102. The lowest BCUT2D eigenvalue weighted by molar-refractivity contribution is -0.137. The van der Waals surface area contributed by atoms with E-state index >= 15 is 0 Å². The molecule has 0 unspecified atom stereocenters. The van der Waals surface area contributed by atoms with Crippen LogP contribution in [0.3, 0.4) is 0 Å². The van der Waals surface area contributed by atoms with Gasteiger partial charge in [-0.3, -0.25) is 23.7 Å². The highest BCUT2D eigenvalue weighted by Crippen LogP contribution is 2.55. The van der Waals surface area contributed by atoms with Gasteiger partial charge in [-0.25, -0.2) is 9.29 Å². The molecule has 0 radical (unpaired) electrons. The SMILES string of the molecule is O=C(Cn1c2c(sc1=O)[C@@H](c1cccc(Cl)c1Cl)[C@@H]1C(=O)N(c3ccc(F)cc3)C(=O)[C@@H]1S2)Nc1ccccc1C(F)(F)F. The topological polar surface area (TPSA) is 88.5 Å². The van der Waals surface area contributed by atoms with Gasteiger partial charge in [-0.1, -0.05) is 70.6 Å². The number of anilines is 2. The zero-order chi connectivity index (χ0) is 31.5. The number of carbonyl (C=O) groups is 3. The molecule has 0 saturated carbocycles. The maximum Gasteiger partial charge on any atom is 0.418 e. The van der Waals surface area contributed by atoms with Gasteiger partial charge in [-0.15, -0.1) is 0 Å². The van der Waals surface area contributed by atoms with E-state index in [1.54, 1.807) is 12.1 Å². The molecule has 3 heterocycles. The third-order valence-corrected chi connectivity index (χ3v) is 10.7. The maximum absolute atomic E-state index is 13.9. The number of hydrogen-bond donors (Lipinski definition) is 1. The Morgan fingerprint density at radius 1 is 0.932 bits per heavy atom. The molecule has 0 spiro atoms. The van der Waals surface area contributed by atoms with Crippen molar-refractivity contribution in [2.45, 2.75) is 28.9 Å². The Bertz CT molecular complexity index is 1890. The quantitative estimate of drug-likeness (QED) is 0.185. The standard InChI is InChI=1S/C29H17Cl2F4N3O4S2/c30-17-6-3-4-15(22(17)31)20-21-23(26(41)38(25(21)40)14-10-8-13(32)9-11-14)43-27-24(20)44-28(42)37(27)12-19(39)36-18-7-2-1-5-16(18)29(33,34)35/h1-11,20-21,23H,12H2,(H,36,39)/t20-,21-,23+/m0/s1. The lowest BCUT2D eigenvalue weighted by Gasteiger charge is -2.31. The summed E-state index contributed by atoms with van der Waals surface area (Å²) >= 11 is 14.5. The monoisotopic (exact) mass is 681 g/mol. The fourth-order valence-corrected chi connectivity index (χ4v) is 8.56. The van der Waals surface area contributed by atoms with Crippen molar-refractivity contribution >= 4 is 75.4 Å². The van der Waals surface area contributed by atoms with E-state index in [4.69, 9.17) is 23.2 Å². The van der Waals surface area contributed by atoms with E-state index in [0.717, 1.165) is 56.8 Å². The predicted octanol–water partition coefficient (Wildman–Crippen LogP) is 6.81. The highest BCUT2D eigenvalue weighted by Gasteiger charge is 2.57. The number of para-hydroxylation sites is 1. The van der Waals surface area contributed by atoms with Gasteiger partial charge in [0.25, 0.3) is 0 Å². The van der Waals surface area contributed by atoms with Gasteiger partial charge in [0.05, 0.1) is 37.9 Å². The molecular formula is C29H17Cl2F4N3O4S2. The molecule has 4 aromatic rings. The zero-order valence-electron chi connectivity index (χ0n) is 21.9. The minimum atomic E-state index is -4.73. The number of amides is 3. The summed E-state index contributed by atoms with van der Waals surface area (Å²) in [5.41, 5.74) is -1.02. The molecule has 3 aromatic carbocycles. The van der Waals surface area contributed by atoms with Gasteiger partial charge in [0.2, 0.25) is 17.7 Å². The van der Waals surface area contributed by atoms with Crippen LogP contribution in [0.4, 0.5) is 28.9 Å². The van der Waals surface area contributed by atoms with Crippen LogP contribution in [-0.2, 0) is 27.1 Å². The van der Waals surface area contributed by atoms with Gasteiger partial charge < -0.3 is 5.32 Å². The largest absolute Gasteiger partial charge is 0.418 e. The summed E-state index contributed by atoms with van der Waals surface area (Å²) in [5, 5.41) is 1.62. The van der Waals surface area contributed by atoms with E-state index in [9.17, 15) is 36.7 Å². The van der Waals surface area contributed by atoms with Gasteiger partial charge in [0.1, 0.15) is 17.6 Å². The normalized spacial score (nSPS) is 19.6. The highest BCUT2D eigenvalue weighted by molar-refractivity contribution is 8.00. The minimum Gasteiger partial charge on any atom is -0.324 e. The second-order valence-corrected chi connectivity index (χ2v) is 12.8. The third-order valence-electron chi connectivity index (χ3n) is 7.26. The molecule has 1 aromatic heterocycles. The molecule has 15 heteroatoms. The van der Waals surface area contributed by atoms with Crippen LogP contribution >= 0.6 is 46.3 Å². The first-order chi connectivity index (χ1) is 20.9. The average molecular weight is 683 g/mol. The molecule has 2 aliphatic heterocycles. The number of alkyl halides is 3. The van der Waals surface area contributed by atoms with Crippen molar-refractivity contribution in [3.63, 3.8) is 0 Å². The van der Waals surface area contributed by atoms with E-state index in [-0.39, 0.29) is 20.8 Å². The summed E-state index contributed by atoms with van der Waals surface area (Å²) < 4.78 is 55.2. The molecule has 3 amide bonds. The van der Waals surface area contributed by atoms with Crippen molar-refractivity contribution in [1.29, 1.82) is 0 Å². The zero-order valence-corrected chi connectivity index (χ0v) is 25.0. The van der Waals surface area contributed by atoms with Crippen molar-refractivity contribution < 1.29 is 31.9 Å². The molecule has 1 fully saturated rings. The number of fused-ring (bicyclic) bond motifs is 2. The summed E-state index contributed by atoms with van der Waals surface area (Å²) in [5.74, 6) is -4.67. The summed E-state index contributed by atoms with van der Waals surface area (Å²) in [6, 6.07) is 14.0. The molecule has 44 heavy (non-hydrogen) atoms. The Kier molecular flexibility index (Phi) is 7.85. The highest BCUT2D eigenvalue weighted by atomic mass is 35.5. The first-order valence-electron chi connectivity index (χ1n) is 12.8. The van der Waals surface area contributed by atoms with Gasteiger partial charge in [-0.05, 0) is 48.0 Å². The first kappa shape index (κ1) is 30.4. The van der Waals surface area contributed by atoms with Crippen molar-refractivity contribution in [2.75, 3.05) is 10.2 Å². The number of thioether (sulfide) groups is 1. The molecule has 1 N–H and O–H groups in total. The molecule has 0 bridgehead atoms. The lowest BCUT2D eigenvalue weighted by Crippen LogP contribution is -2.33. The Morgan fingerprint density at radius 2 is 1.64 bits per heavy atom. The van der Waals surface area contributed by atoms with Crippen molar-refractivity contribution in [2.24, 2.45) is 5.92 Å². The number of thiazole rings is 1. The van der Waals surface area contributed by atoms with Gasteiger partial charge in [0.15, 0.2) is 0 Å². The molecular weight excluding hydrogens is 665 g/mol. The van der Waals surface area contributed by atoms with Crippen molar-refractivity contribution in [3.05, 3.63) is 108 Å². The number of aromatic nitrogens is 1. The second-order valence-electron chi connectivity index (χ2n) is 9.89. The number of nitrogens with one attached hydrogen (secondary N) is 1. The molecule has 2 aliphatic rings. The van der Waals surface area contributed by atoms with E-state index in [1.165, 1.54) is 30.3 Å². The summed E-state index contributed by atoms with van der Waals surface area (Å²) in [4.78, 5) is 54.6. The van der Waals surface area contributed by atoms with Crippen LogP contribution < -0.4 is 15.1 Å². The predicted molar refractivity (Wildman–Crippen MR) is 159 cm³/mol. The first-order valence-corrected chi connectivity index (χ1v) is 15.3. The van der Waals surface area contributed by atoms with Gasteiger partial charge in [0, 0.05) is 10.8 Å². The number of carbonyl (C=O) groups excluding carboxylic acids is 3. The van der Waals surface area contributed by atoms with Gasteiger partial charge >= 0.3 is 11.0 Å². The smallest absolute Gasteiger partial charge is 0.324 e. The van der Waals surface area contributed by atoms with Crippen molar-refractivity contribution in [3.8, 4) is 0 Å². The summed E-state index contributed by atoms with van der Waals surface area (Å²) in [7, 11) is 0. The molecule has 3 atom stereocenters. The average Bonchev–Trinajstić information content (AvgIpc) is 3.41. The number of rotatable bonds is 5. The number of benzene rings is 3. The van der Waals surface area contributed by atoms with E-state index in [2.05, 4.69) is 5.32 Å². The molecule has 1 saturated heterocycles. The van der Waals surface area contributed by atoms with Crippen LogP contribution in [-0.4, -0.2) is 27.5 Å². The fraction of sp³-hybridized carbons (Fsp3) is 0.172. The van der Waals surface area contributed by atoms with E-state index < -0.39 is 69.5 Å². The van der Waals surface area contributed by atoms with Crippen LogP contribution in [0.5, 0.6) is 0 Å². The lowest BCUT2D eigenvalue weighted by atomic mass is 9.83. The Balaban J connectivity index is 1.42. The molecule has 226 valence electrons. The Morgan fingerprint density at radius 3 is 2.34 bits per heavy atom. The Labute approximate surface area is 264 Å². The third kappa shape index (κ3) is 5.21. The van der Waals surface area contributed by atoms with Crippen LogP contribution in [0.2, 0.25) is 10.0 Å². The summed E-state index contributed by atoms with van der Waals surface area (Å²) in [6.45, 7) is -0.666. The van der Waals surface area contributed by atoms with E-state index in [0.29, 0.717) is 10.4 Å². The number of imide groups is 1. The molecule has 7 nitrogen and oxygen atoms in total. The number of halogens is 6. The number of nitrogens with zero attached hydrogens (tertiary/aromatic N) is 2. The second kappa shape index (κ2) is 11.4. The maximum atomic E-state index is 13.9. The van der Waals surface area contributed by atoms with Crippen LogP contribution in [0, 0.1) is 11.7 Å². The number of hydrogen-bond acceptors (Lipinski definition) is 6. The van der Waals surface area contributed by atoms with Gasteiger partial charge in [-0.2, -0.15) is 13.2 Å². The van der Waals surface area contributed by atoms with Crippen LogP contribution in [0.15, 0.2) is 76.6 Å². The van der Waals surface area contributed by atoms with Crippen LogP contribution in [0.25, 0.3) is 0 Å². The van der Waals surface area contributed by atoms with Crippen molar-refractivity contribution in [1.82, 2.24) is 4.57 Å². The molecule has 6 rings (SSSR count).